The topological polar surface area (TPSA) is 63.2 Å². The predicted octanol–water partition coefficient (Wildman–Crippen LogP) is 4.14. The van der Waals surface area contributed by atoms with Gasteiger partial charge in [-0.2, -0.15) is 13.2 Å². The number of amides is 1. The summed E-state index contributed by atoms with van der Waals surface area (Å²) >= 11 is 0. The lowest BCUT2D eigenvalue weighted by Crippen LogP contribution is -2.20. The van der Waals surface area contributed by atoms with Gasteiger partial charge in [0, 0.05) is 25.2 Å². The second-order valence-electron chi connectivity index (χ2n) is 6.26. The van der Waals surface area contributed by atoms with Gasteiger partial charge < -0.3 is 15.4 Å². The standard InChI is InChI=1S/C19H22F3N3O2/c1-12-7-16(9-18(24-12)25-14(3)26)13(2)23-10-15-5-4-6-17(8-15)27-11-19(20,21)22/h4-9,13,23H,10-11H2,1-3H3,(H,24,25,26). The van der Waals surface area contributed by atoms with Crippen LogP contribution in [-0.2, 0) is 11.3 Å². The summed E-state index contributed by atoms with van der Waals surface area (Å²) in [5.74, 6) is 0.455. The minimum absolute atomic E-state index is 0.0565. The summed E-state index contributed by atoms with van der Waals surface area (Å²) in [5, 5.41) is 5.97. The molecule has 1 unspecified atom stereocenters. The number of pyridine rings is 1. The first-order valence-electron chi connectivity index (χ1n) is 8.40. The molecular formula is C19H22F3N3O2. The maximum Gasteiger partial charge on any atom is 0.422 e. The van der Waals surface area contributed by atoms with Crippen molar-refractivity contribution in [2.75, 3.05) is 11.9 Å². The summed E-state index contributed by atoms with van der Waals surface area (Å²) in [4.78, 5) is 15.5. The first-order chi connectivity index (χ1) is 12.6. The number of hydrogen-bond donors (Lipinski definition) is 2. The molecule has 8 heteroatoms. The van der Waals surface area contributed by atoms with E-state index >= 15 is 0 Å². The first-order valence-corrected chi connectivity index (χ1v) is 8.40. The molecule has 27 heavy (non-hydrogen) atoms. The van der Waals surface area contributed by atoms with Crippen molar-refractivity contribution in [2.24, 2.45) is 0 Å². The van der Waals surface area contributed by atoms with Crippen LogP contribution in [-0.4, -0.2) is 23.7 Å². The molecule has 0 aliphatic carbocycles. The minimum Gasteiger partial charge on any atom is -0.484 e. The number of nitrogens with one attached hydrogen (secondary N) is 2. The molecule has 0 saturated heterocycles. The first kappa shape index (κ1) is 20.7. The Balaban J connectivity index is 2.00. The van der Waals surface area contributed by atoms with Gasteiger partial charge in [0.1, 0.15) is 11.6 Å². The maximum atomic E-state index is 12.3. The van der Waals surface area contributed by atoms with Crippen LogP contribution in [0.5, 0.6) is 5.75 Å². The Bertz CT molecular complexity index is 794. The van der Waals surface area contributed by atoms with E-state index in [-0.39, 0.29) is 17.7 Å². The average molecular weight is 381 g/mol. The number of halogens is 3. The Labute approximate surface area is 155 Å². The van der Waals surface area contributed by atoms with E-state index < -0.39 is 12.8 Å². The number of benzene rings is 1. The summed E-state index contributed by atoms with van der Waals surface area (Å²) in [6.07, 6.45) is -4.37. The number of aromatic nitrogens is 1. The molecule has 0 radical (unpaired) electrons. The van der Waals surface area contributed by atoms with Gasteiger partial charge in [-0.25, -0.2) is 4.98 Å². The van der Waals surface area contributed by atoms with Gasteiger partial charge in [0.05, 0.1) is 0 Å². The van der Waals surface area contributed by atoms with Crippen LogP contribution in [0.15, 0.2) is 36.4 Å². The number of rotatable bonds is 7. The molecule has 1 heterocycles. The predicted molar refractivity (Wildman–Crippen MR) is 96.5 cm³/mol. The van der Waals surface area contributed by atoms with E-state index in [9.17, 15) is 18.0 Å². The van der Waals surface area contributed by atoms with Gasteiger partial charge in [0.2, 0.25) is 5.91 Å². The Hall–Kier alpha value is -2.61. The molecule has 0 spiro atoms. The van der Waals surface area contributed by atoms with Crippen molar-refractivity contribution in [3.63, 3.8) is 0 Å². The van der Waals surface area contributed by atoms with Crippen molar-refractivity contribution in [1.82, 2.24) is 10.3 Å². The fraction of sp³-hybridized carbons (Fsp3) is 0.368. The third-order valence-electron chi connectivity index (χ3n) is 3.69. The summed E-state index contributed by atoms with van der Waals surface area (Å²) in [5.41, 5.74) is 2.51. The number of alkyl halides is 3. The summed E-state index contributed by atoms with van der Waals surface area (Å²) < 4.78 is 41.5. The quantitative estimate of drug-likeness (QED) is 0.757. The fourth-order valence-corrected chi connectivity index (χ4v) is 2.49. The van der Waals surface area contributed by atoms with Crippen LogP contribution in [0.3, 0.4) is 0 Å². The van der Waals surface area contributed by atoms with Crippen LogP contribution >= 0.6 is 0 Å². The molecule has 0 aliphatic rings. The van der Waals surface area contributed by atoms with Crippen LogP contribution in [0.1, 0.15) is 36.7 Å². The zero-order valence-electron chi connectivity index (χ0n) is 15.4. The van der Waals surface area contributed by atoms with Gasteiger partial charge in [-0.05, 0) is 49.2 Å². The van der Waals surface area contributed by atoms with Crippen molar-refractivity contribution in [1.29, 1.82) is 0 Å². The molecule has 1 atom stereocenters. The molecule has 1 aromatic carbocycles. The van der Waals surface area contributed by atoms with Gasteiger partial charge in [0.25, 0.3) is 0 Å². The zero-order chi connectivity index (χ0) is 20.0. The maximum absolute atomic E-state index is 12.3. The van der Waals surface area contributed by atoms with Crippen LogP contribution in [0.4, 0.5) is 19.0 Å². The van der Waals surface area contributed by atoms with Crippen LogP contribution in [0.2, 0.25) is 0 Å². The third-order valence-corrected chi connectivity index (χ3v) is 3.69. The molecule has 2 rings (SSSR count). The van der Waals surface area contributed by atoms with Crippen LogP contribution in [0, 0.1) is 6.92 Å². The number of aryl methyl sites for hydroxylation is 1. The number of nitrogens with zero attached hydrogens (tertiary/aromatic N) is 1. The van der Waals surface area contributed by atoms with Gasteiger partial charge in [-0.1, -0.05) is 12.1 Å². The molecule has 146 valence electrons. The fourth-order valence-electron chi connectivity index (χ4n) is 2.49. The lowest BCUT2D eigenvalue weighted by molar-refractivity contribution is -0.153. The Morgan fingerprint density at radius 2 is 2.00 bits per heavy atom. The lowest BCUT2D eigenvalue weighted by atomic mass is 10.1. The Morgan fingerprint density at radius 3 is 2.67 bits per heavy atom. The van der Waals surface area contributed by atoms with Crippen molar-refractivity contribution in [2.45, 2.75) is 39.5 Å². The highest BCUT2D eigenvalue weighted by atomic mass is 19.4. The lowest BCUT2D eigenvalue weighted by Gasteiger charge is -2.17. The molecule has 1 aromatic heterocycles. The highest BCUT2D eigenvalue weighted by Crippen LogP contribution is 2.21. The number of carbonyl (C=O) groups excluding carboxylic acids is 1. The summed E-state index contributed by atoms with van der Waals surface area (Å²) in [6, 6.07) is 10.2. The van der Waals surface area contributed by atoms with E-state index in [1.54, 1.807) is 24.3 Å². The van der Waals surface area contributed by atoms with Crippen molar-refractivity contribution in [3.05, 3.63) is 53.2 Å². The SMILES string of the molecule is CC(=O)Nc1cc(C(C)NCc2cccc(OCC(F)(F)F)c2)cc(C)n1. The Morgan fingerprint density at radius 1 is 1.26 bits per heavy atom. The summed E-state index contributed by atoms with van der Waals surface area (Å²) in [6.45, 7) is 4.34. The normalized spacial score (nSPS) is 12.5. The Kier molecular flexibility index (Phi) is 6.79. The van der Waals surface area contributed by atoms with Crippen molar-refractivity contribution >= 4 is 11.7 Å². The van der Waals surface area contributed by atoms with E-state index in [2.05, 4.69) is 15.6 Å². The molecule has 2 aromatic rings. The van der Waals surface area contributed by atoms with Gasteiger partial charge >= 0.3 is 6.18 Å². The molecular weight excluding hydrogens is 359 g/mol. The molecule has 0 bridgehead atoms. The van der Waals surface area contributed by atoms with E-state index in [1.165, 1.54) is 13.0 Å². The largest absolute Gasteiger partial charge is 0.484 e. The van der Waals surface area contributed by atoms with Crippen molar-refractivity contribution in [3.8, 4) is 5.75 Å². The summed E-state index contributed by atoms with van der Waals surface area (Å²) in [7, 11) is 0. The second kappa shape index (κ2) is 8.85. The van der Waals surface area contributed by atoms with E-state index in [0.717, 1.165) is 16.8 Å². The van der Waals surface area contributed by atoms with Gasteiger partial charge in [-0.3, -0.25) is 4.79 Å². The molecule has 0 saturated carbocycles. The minimum atomic E-state index is -4.37. The highest BCUT2D eigenvalue weighted by Gasteiger charge is 2.28. The number of ether oxygens (including phenoxy) is 1. The smallest absolute Gasteiger partial charge is 0.422 e. The number of hydrogen-bond acceptors (Lipinski definition) is 4. The second-order valence-corrected chi connectivity index (χ2v) is 6.26. The molecule has 0 fully saturated rings. The van der Waals surface area contributed by atoms with Crippen LogP contribution in [0.25, 0.3) is 0 Å². The highest BCUT2D eigenvalue weighted by molar-refractivity contribution is 5.87. The third kappa shape index (κ3) is 7.26. The molecule has 2 N–H and O–H groups in total. The zero-order valence-corrected chi connectivity index (χ0v) is 15.4. The molecule has 1 amide bonds. The van der Waals surface area contributed by atoms with Gasteiger partial charge in [-0.15, -0.1) is 0 Å². The number of anilines is 1. The van der Waals surface area contributed by atoms with E-state index in [1.807, 2.05) is 19.9 Å². The molecule has 0 aliphatic heterocycles. The number of carbonyl (C=O) groups is 1. The van der Waals surface area contributed by atoms with Gasteiger partial charge in [0.15, 0.2) is 6.61 Å². The van der Waals surface area contributed by atoms with E-state index in [4.69, 9.17) is 4.74 Å². The monoisotopic (exact) mass is 381 g/mol. The average Bonchev–Trinajstić information content (AvgIpc) is 2.56. The van der Waals surface area contributed by atoms with Crippen molar-refractivity contribution < 1.29 is 22.7 Å². The van der Waals surface area contributed by atoms with E-state index in [0.29, 0.717) is 12.4 Å². The molecule has 5 nitrogen and oxygen atoms in total. The van der Waals surface area contributed by atoms with Crippen LogP contribution < -0.4 is 15.4 Å².